The Morgan fingerprint density at radius 2 is 1.62 bits per heavy atom. The van der Waals surface area contributed by atoms with Gasteiger partial charge in [-0.25, -0.2) is 0 Å². The zero-order valence-corrected chi connectivity index (χ0v) is 15.4. The van der Waals surface area contributed by atoms with Crippen LogP contribution in [0.25, 0.3) is 0 Å². The molecule has 0 bridgehead atoms. The summed E-state index contributed by atoms with van der Waals surface area (Å²) in [5, 5.41) is 2.68. The summed E-state index contributed by atoms with van der Waals surface area (Å²) in [4.78, 5) is 26.2. The normalized spacial score (nSPS) is 10.4. The van der Waals surface area contributed by atoms with Crippen LogP contribution in [0.5, 0.6) is 5.75 Å². The monoisotopic (exact) mass is 354 g/mol. The Balaban J connectivity index is 1.75. The van der Waals surface area contributed by atoms with Gasteiger partial charge in [-0.2, -0.15) is 0 Å². The number of carbonyl (C=O) groups is 2. The van der Waals surface area contributed by atoms with E-state index in [4.69, 9.17) is 4.74 Å². The van der Waals surface area contributed by atoms with Gasteiger partial charge >= 0.3 is 0 Å². The van der Waals surface area contributed by atoms with Gasteiger partial charge in [0.15, 0.2) is 0 Å². The van der Waals surface area contributed by atoms with Gasteiger partial charge in [0.05, 0.1) is 19.6 Å². The number of rotatable bonds is 9. The zero-order chi connectivity index (χ0) is 18.8. The maximum atomic E-state index is 12.5. The summed E-state index contributed by atoms with van der Waals surface area (Å²) >= 11 is 0. The van der Waals surface area contributed by atoms with Crippen LogP contribution in [-0.4, -0.2) is 35.9 Å². The number of hydrogen-bond acceptors (Lipinski definition) is 3. The number of benzene rings is 2. The molecule has 0 aliphatic rings. The summed E-state index contributed by atoms with van der Waals surface area (Å²) in [5.41, 5.74) is 1.07. The van der Waals surface area contributed by atoms with E-state index in [9.17, 15) is 9.59 Å². The van der Waals surface area contributed by atoms with E-state index in [0.29, 0.717) is 6.54 Å². The molecule has 0 spiro atoms. The molecule has 0 aromatic heterocycles. The molecule has 2 aromatic rings. The molecule has 2 rings (SSSR count). The number of para-hydroxylation sites is 1. The Kier molecular flexibility index (Phi) is 7.68. The number of nitrogens with zero attached hydrogens (tertiary/aromatic N) is 1. The molecule has 138 valence electrons. The maximum Gasteiger partial charge on any atom is 0.242 e. The van der Waals surface area contributed by atoms with Crippen molar-refractivity contribution in [2.75, 3.05) is 13.2 Å². The number of ether oxygens (including phenoxy) is 1. The van der Waals surface area contributed by atoms with Gasteiger partial charge < -0.3 is 15.0 Å². The first-order chi connectivity index (χ1) is 12.6. The minimum atomic E-state index is -0.197. The Labute approximate surface area is 155 Å². The average molecular weight is 354 g/mol. The third-order valence-electron chi connectivity index (χ3n) is 3.92. The fourth-order valence-electron chi connectivity index (χ4n) is 2.48. The van der Waals surface area contributed by atoms with Crippen LogP contribution in [0.4, 0.5) is 0 Å². The van der Waals surface area contributed by atoms with Crippen molar-refractivity contribution in [2.45, 2.75) is 32.9 Å². The van der Waals surface area contributed by atoms with Crippen molar-refractivity contribution in [3.63, 3.8) is 0 Å². The maximum absolute atomic E-state index is 12.5. The van der Waals surface area contributed by atoms with Gasteiger partial charge in [0.2, 0.25) is 11.8 Å². The van der Waals surface area contributed by atoms with Crippen molar-refractivity contribution in [1.82, 2.24) is 10.2 Å². The van der Waals surface area contributed by atoms with Gasteiger partial charge in [0, 0.05) is 12.6 Å². The van der Waals surface area contributed by atoms with Crippen molar-refractivity contribution in [1.29, 1.82) is 0 Å². The molecule has 5 nitrogen and oxygen atoms in total. The van der Waals surface area contributed by atoms with E-state index < -0.39 is 0 Å². The second-order valence-electron chi connectivity index (χ2n) is 6.29. The van der Waals surface area contributed by atoms with E-state index in [2.05, 4.69) is 5.32 Å². The van der Waals surface area contributed by atoms with Crippen LogP contribution in [0.15, 0.2) is 60.7 Å². The van der Waals surface area contributed by atoms with Crippen LogP contribution in [0, 0.1) is 0 Å². The highest BCUT2D eigenvalue weighted by molar-refractivity contribution is 5.84. The summed E-state index contributed by atoms with van der Waals surface area (Å²) in [5.74, 6) is 0.434. The first-order valence-corrected chi connectivity index (χ1v) is 8.84. The molecular formula is C21H26N2O3. The van der Waals surface area contributed by atoms with E-state index in [1.807, 2.05) is 74.5 Å². The van der Waals surface area contributed by atoms with Gasteiger partial charge in [-0.1, -0.05) is 48.5 Å². The Bertz CT molecular complexity index is 687. The van der Waals surface area contributed by atoms with Crippen LogP contribution in [0.2, 0.25) is 0 Å². The molecule has 0 heterocycles. The van der Waals surface area contributed by atoms with E-state index in [1.54, 1.807) is 4.90 Å². The highest BCUT2D eigenvalue weighted by Gasteiger charge is 2.17. The SMILES string of the molecule is CC(C)N(Cc1ccccc1)C(=O)CNC(=O)CCOc1ccccc1. The molecule has 2 amide bonds. The minimum Gasteiger partial charge on any atom is -0.493 e. The largest absolute Gasteiger partial charge is 0.493 e. The number of hydrogen-bond donors (Lipinski definition) is 1. The molecule has 0 atom stereocenters. The molecule has 26 heavy (non-hydrogen) atoms. The zero-order valence-electron chi connectivity index (χ0n) is 15.4. The minimum absolute atomic E-state index is 0.00478. The first-order valence-electron chi connectivity index (χ1n) is 8.84. The summed E-state index contributed by atoms with van der Waals surface area (Å²) in [6, 6.07) is 19.2. The number of amides is 2. The van der Waals surface area contributed by atoms with Gasteiger partial charge in [0.25, 0.3) is 0 Å². The predicted molar refractivity (Wildman–Crippen MR) is 102 cm³/mol. The highest BCUT2D eigenvalue weighted by Crippen LogP contribution is 2.09. The smallest absolute Gasteiger partial charge is 0.242 e. The first kappa shape index (κ1) is 19.5. The lowest BCUT2D eigenvalue weighted by molar-refractivity contribution is -0.135. The average Bonchev–Trinajstić information content (AvgIpc) is 2.65. The Morgan fingerprint density at radius 1 is 1.00 bits per heavy atom. The summed E-state index contributed by atoms with van der Waals surface area (Å²) in [7, 11) is 0. The van der Waals surface area contributed by atoms with Crippen molar-refractivity contribution >= 4 is 11.8 Å². The molecule has 0 fully saturated rings. The molecule has 1 N–H and O–H groups in total. The number of carbonyl (C=O) groups excluding carboxylic acids is 2. The summed E-state index contributed by atoms with van der Waals surface area (Å²) in [6.07, 6.45) is 0.211. The van der Waals surface area contributed by atoms with Crippen molar-refractivity contribution in [3.8, 4) is 5.75 Å². The van der Waals surface area contributed by atoms with E-state index in [0.717, 1.165) is 11.3 Å². The highest BCUT2D eigenvalue weighted by atomic mass is 16.5. The molecule has 0 aliphatic carbocycles. The fourth-order valence-corrected chi connectivity index (χ4v) is 2.48. The topological polar surface area (TPSA) is 58.6 Å². The van der Waals surface area contributed by atoms with Crippen molar-refractivity contribution in [3.05, 3.63) is 66.2 Å². The Hall–Kier alpha value is -2.82. The lowest BCUT2D eigenvalue weighted by Crippen LogP contribution is -2.43. The van der Waals surface area contributed by atoms with Crippen molar-refractivity contribution < 1.29 is 14.3 Å². The summed E-state index contributed by atoms with van der Waals surface area (Å²) < 4.78 is 5.49. The second kappa shape index (κ2) is 10.2. The lowest BCUT2D eigenvalue weighted by Gasteiger charge is -2.27. The third kappa shape index (κ3) is 6.59. The molecule has 0 unspecified atom stereocenters. The van der Waals surface area contributed by atoms with E-state index >= 15 is 0 Å². The molecule has 0 aliphatic heterocycles. The second-order valence-corrected chi connectivity index (χ2v) is 6.29. The van der Waals surface area contributed by atoms with Crippen molar-refractivity contribution in [2.24, 2.45) is 0 Å². The standard InChI is InChI=1S/C21H26N2O3/c1-17(2)23(16-18-9-5-3-6-10-18)21(25)15-22-20(24)13-14-26-19-11-7-4-8-12-19/h3-12,17H,13-16H2,1-2H3,(H,22,24). The third-order valence-corrected chi connectivity index (χ3v) is 3.92. The molecule has 0 saturated heterocycles. The lowest BCUT2D eigenvalue weighted by atomic mass is 10.2. The van der Waals surface area contributed by atoms with Gasteiger partial charge in [-0.3, -0.25) is 9.59 Å². The van der Waals surface area contributed by atoms with Crippen LogP contribution in [-0.2, 0) is 16.1 Å². The predicted octanol–water partition coefficient (Wildman–Crippen LogP) is 3.01. The number of nitrogens with one attached hydrogen (secondary N) is 1. The van der Waals surface area contributed by atoms with Gasteiger partial charge in [-0.15, -0.1) is 0 Å². The molecule has 0 saturated carbocycles. The summed E-state index contributed by atoms with van der Waals surface area (Å²) in [6.45, 7) is 4.74. The molecule has 2 aromatic carbocycles. The molecular weight excluding hydrogens is 328 g/mol. The Morgan fingerprint density at radius 3 is 2.23 bits per heavy atom. The van der Waals surface area contributed by atoms with Crippen LogP contribution in [0.1, 0.15) is 25.8 Å². The van der Waals surface area contributed by atoms with Gasteiger partial charge in [0.1, 0.15) is 5.75 Å². The van der Waals surface area contributed by atoms with E-state index in [1.165, 1.54) is 0 Å². The van der Waals surface area contributed by atoms with Gasteiger partial charge in [-0.05, 0) is 31.5 Å². The van der Waals surface area contributed by atoms with E-state index in [-0.39, 0.29) is 37.4 Å². The van der Waals surface area contributed by atoms with Crippen LogP contribution >= 0.6 is 0 Å². The molecule has 5 heteroatoms. The quantitative estimate of drug-likeness (QED) is 0.753. The molecule has 0 radical (unpaired) electrons. The van der Waals surface area contributed by atoms with Crippen LogP contribution < -0.4 is 10.1 Å². The fraction of sp³-hybridized carbons (Fsp3) is 0.333. The van der Waals surface area contributed by atoms with Crippen LogP contribution in [0.3, 0.4) is 0 Å².